The van der Waals surface area contributed by atoms with Crippen molar-refractivity contribution in [2.75, 3.05) is 20.2 Å². The summed E-state index contributed by atoms with van der Waals surface area (Å²) < 4.78 is 5.09. The van der Waals surface area contributed by atoms with Crippen molar-refractivity contribution in [3.05, 3.63) is 29.8 Å². The molecular weight excluding hydrogens is 254 g/mol. The standard InChI is InChI=1S/C16H25NO3/c1-20-14-7-5-13(6-8-14)15(18)11-17-12-16(19)9-3-2-4-10-16/h5-8,15,17-19H,2-4,9-12H2,1H3. The second-order valence-electron chi connectivity index (χ2n) is 5.70. The minimum atomic E-state index is -0.585. The molecule has 0 spiro atoms. The van der Waals surface area contributed by atoms with Gasteiger partial charge in [0.1, 0.15) is 5.75 Å². The highest BCUT2D eigenvalue weighted by molar-refractivity contribution is 5.28. The second kappa shape index (κ2) is 7.07. The first-order chi connectivity index (χ1) is 9.63. The Kier molecular flexibility index (Phi) is 5.40. The van der Waals surface area contributed by atoms with Crippen LogP contribution in [0, 0.1) is 0 Å². The van der Waals surface area contributed by atoms with E-state index in [9.17, 15) is 10.2 Å². The molecule has 3 N–H and O–H groups in total. The zero-order chi connectivity index (χ0) is 14.4. The molecule has 0 bridgehead atoms. The summed E-state index contributed by atoms with van der Waals surface area (Å²) in [6.07, 6.45) is 4.57. The molecule has 0 aliphatic heterocycles. The maximum absolute atomic E-state index is 10.4. The molecule has 1 saturated carbocycles. The van der Waals surface area contributed by atoms with Gasteiger partial charge in [-0.2, -0.15) is 0 Å². The highest BCUT2D eigenvalue weighted by Crippen LogP contribution is 2.27. The van der Waals surface area contributed by atoms with E-state index in [1.165, 1.54) is 6.42 Å². The summed E-state index contributed by atoms with van der Waals surface area (Å²) in [6, 6.07) is 7.40. The molecule has 20 heavy (non-hydrogen) atoms. The minimum Gasteiger partial charge on any atom is -0.497 e. The van der Waals surface area contributed by atoms with Crippen molar-refractivity contribution in [3.63, 3.8) is 0 Å². The molecule has 112 valence electrons. The molecule has 0 amide bonds. The summed E-state index contributed by atoms with van der Waals surface area (Å²) in [4.78, 5) is 0. The smallest absolute Gasteiger partial charge is 0.118 e. The number of hydrogen-bond acceptors (Lipinski definition) is 4. The number of hydrogen-bond donors (Lipinski definition) is 3. The van der Waals surface area contributed by atoms with Crippen molar-refractivity contribution in [2.45, 2.75) is 43.8 Å². The third-order valence-electron chi connectivity index (χ3n) is 4.08. The molecule has 1 aliphatic carbocycles. The zero-order valence-corrected chi connectivity index (χ0v) is 12.1. The summed E-state index contributed by atoms with van der Waals surface area (Å²) in [5, 5.41) is 23.7. The third-order valence-corrected chi connectivity index (χ3v) is 4.08. The molecule has 4 heteroatoms. The van der Waals surface area contributed by atoms with Gasteiger partial charge in [-0.25, -0.2) is 0 Å². The molecule has 0 heterocycles. The van der Waals surface area contributed by atoms with Crippen LogP contribution in [0.3, 0.4) is 0 Å². The van der Waals surface area contributed by atoms with Gasteiger partial charge in [0.2, 0.25) is 0 Å². The van der Waals surface area contributed by atoms with Gasteiger partial charge < -0.3 is 20.3 Å². The highest BCUT2D eigenvalue weighted by atomic mass is 16.5. The van der Waals surface area contributed by atoms with Crippen molar-refractivity contribution in [3.8, 4) is 5.75 Å². The van der Waals surface area contributed by atoms with Crippen molar-refractivity contribution in [1.29, 1.82) is 0 Å². The van der Waals surface area contributed by atoms with Gasteiger partial charge in [0.25, 0.3) is 0 Å². The maximum Gasteiger partial charge on any atom is 0.118 e. The maximum atomic E-state index is 10.4. The Morgan fingerprint density at radius 3 is 2.45 bits per heavy atom. The van der Waals surface area contributed by atoms with E-state index in [-0.39, 0.29) is 0 Å². The molecule has 0 radical (unpaired) electrons. The second-order valence-corrected chi connectivity index (χ2v) is 5.70. The van der Waals surface area contributed by atoms with E-state index < -0.39 is 11.7 Å². The van der Waals surface area contributed by atoms with Gasteiger partial charge in [0.05, 0.1) is 18.8 Å². The van der Waals surface area contributed by atoms with Crippen LogP contribution in [0.4, 0.5) is 0 Å². The van der Waals surface area contributed by atoms with Crippen LogP contribution in [-0.4, -0.2) is 36.0 Å². The lowest BCUT2D eigenvalue weighted by molar-refractivity contribution is 0.00264. The number of benzene rings is 1. The number of nitrogens with one attached hydrogen (secondary N) is 1. The summed E-state index contributed by atoms with van der Waals surface area (Å²) >= 11 is 0. The van der Waals surface area contributed by atoms with Gasteiger partial charge in [-0.05, 0) is 30.5 Å². The highest BCUT2D eigenvalue weighted by Gasteiger charge is 2.28. The van der Waals surface area contributed by atoms with E-state index in [1.807, 2.05) is 24.3 Å². The Hall–Kier alpha value is -1.10. The van der Waals surface area contributed by atoms with Crippen LogP contribution in [-0.2, 0) is 0 Å². The van der Waals surface area contributed by atoms with Crippen LogP contribution in [0.15, 0.2) is 24.3 Å². The van der Waals surface area contributed by atoms with Crippen LogP contribution in [0.25, 0.3) is 0 Å². The third kappa shape index (κ3) is 4.20. The van der Waals surface area contributed by atoms with E-state index in [0.29, 0.717) is 13.1 Å². The van der Waals surface area contributed by atoms with Crippen LogP contribution in [0.1, 0.15) is 43.8 Å². The fourth-order valence-corrected chi connectivity index (χ4v) is 2.77. The van der Waals surface area contributed by atoms with Gasteiger partial charge in [0, 0.05) is 13.1 Å². The fraction of sp³-hybridized carbons (Fsp3) is 0.625. The summed E-state index contributed by atoms with van der Waals surface area (Å²) in [7, 11) is 1.62. The number of rotatable bonds is 6. The van der Waals surface area contributed by atoms with Gasteiger partial charge in [0.15, 0.2) is 0 Å². The fourth-order valence-electron chi connectivity index (χ4n) is 2.77. The van der Waals surface area contributed by atoms with Crippen molar-refractivity contribution >= 4 is 0 Å². The van der Waals surface area contributed by atoms with Crippen LogP contribution >= 0.6 is 0 Å². The SMILES string of the molecule is COc1ccc(C(O)CNCC2(O)CCCCC2)cc1. The Morgan fingerprint density at radius 2 is 1.85 bits per heavy atom. The minimum absolute atomic E-state index is 0.453. The van der Waals surface area contributed by atoms with Crippen LogP contribution in [0.2, 0.25) is 0 Å². The first-order valence-electron chi connectivity index (χ1n) is 7.38. The first kappa shape index (κ1) is 15.3. The predicted octanol–water partition coefficient (Wildman–Crippen LogP) is 2.01. The average molecular weight is 279 g/mol. The van der Waals surface area contributed by atoms with E-state index in [2.05, 4.69) is 5.32 Å². The normalized spacial score (nSPS) is 19.6. The molecule has 2 rings (SSSR count). The van der Waals surface area contributed by atoms with Crippen LogP contribution in [0.5, 0.6) is 5.75 Å². The lowest BCUT2D eigenvalue weighted by atomic mass is 9.85. The quantitative estimate of drug-likeness (QED) is 0.745. The van der Waals surface area contributed by atoms with Crippen molar-refractivity contribution in [1.82, 2.24) is 5.32 Å². The average Bonchev–Trinajstić information content (AvgIpc) is 2.48. The molecule has 1 aliphatic rings. The molecule has 1 aromatic carbocycles. The lowest BCUT2D eigenvalue weighted by Gasteiger charge is -2.32. The summed E-state index contributed by atoms with van der Waals surface area (Å²) in [5.41, 5.74) is 0.270. The summed E-state index contributed by atoms with van der Waals surface area (Å²) in [5.74, 6) is 0.783. The van der Waals surface area contributed by atoms with Gasteiger partial charge >= 0.3 is 0 Å². The van der Waals surface area contributed by atoms with E-state index in [1.54, 1.807) is 7.11 Å². The molecule has 1 aromatic rings. The van der Waals surface area contributed by atoms with Crippen molar-refractivity contribution < 1.29 is 14.9 Å². The van der Waals surface area contributed by atoms with E-state index >= 15 is 0 Å². The molecule has 1 fully saturated rings. The molecular formula is C16H25NO3. The monoisotopic (exact) mass is 279 g/mol. The topological polar surface area (TPSA) is 61.7 Å². The Labute approximate surface area is 120 Å². The molecule has 1 atom stereocenters. The number of aliphatic hydroxyl groups is 2. The Balaban J connectivity index is 1.77. The van der Waals surface area contributed by atoms with E-state index in [4.69, 9.17) is 4.74 Å². The van der Waals surface area contributed by atoms with Crippen molar-refractivity contribution in [2.24, 2.45) is 0 Å². The summed E-state index contributed by atoms with van der Waals surface area (Å²) in [6.45, 7) is 1.01. The Morgan fingerprint density at radius 1 is 1.20 bits per heavy atom. The number of ether oxygens (including phenoxy) is 1. The van der Waals surface area contributed by atoms with Gasteiger partial charge in [-0.15, -0.1) is 0 Å². The predicted molar refractivity (Wildman–Crippen MR) is 78.9 cm³/mol. The van der Waals surface area contributed by atoms with Crippen LogP contribution < -0.4 is 10.1 Å². The molecule has 4 nitrogen and oxygen atoms in total. The van der Waals surface area contributed by atoms with Gasteiger partial charge in [-0.3, -0.25) is 0 Å². The molecule has 0 aromatic heterocycles. The van der Waals surface area contributed by atoms with E-state index in [0.717, 1.165) is 37.0 Å². The van der Waals surface area contributed by atoms with Gasteiger partial charge in [-0.1, -0.05) is 31.4 Å². The Bertz CT molecular complexity index is 399. The lowest BCUT2D eigenvalue weighted by Crippen LogP contribution is -2.43. The molecule has 1 unspecified atom stereocenters. The largest absolute Gasteiger partial charge is 0.497 e. The number of methoxy groups -OCH3 is 1. The molecule has 0 saturated heterocycles. The first-order valence-corrected chi connectivity index (χ1v) is 7.38. The number of aliphatic hydroxyl groups excluding tert-OH is 1. The zero-order valence-electron chi connectivity index (χ0n) is 12.1.